The Bertz CT molecular complexity index is 1350. The van der Waals surface area contributed by atoms with Gasteiger partial charge in [-0.25, -0.2) is 8.78 Å². The Morgan fingerprint density at radius 3 is 2.15 bits per heavy atom. The molecule has 3 aromatic carbocycles. The van der Waals surface area contributed by atoms with Crippen LogP contribution >= 0.6 is 11.8 Å². The van der Waals surface area contributed by atoms with Gasteiger partial charge in [-0.1, -0.05) is 47.3 Å². The van der Waals surface area contributed by atoms with E-state index in [1.807, 2.05) is 34.9 Å². The molecule has 33 heavy (non-hydrogen) atoms. The molecule has 0 atom stereocenters. The first kappa shape index (κ1) is 21.0. The SMILES string of the molecule is Fc1ccc(-c2noc(CSc3nnc(-c4ccc(F)cc4)n3Cc3ccccc3)n2)cc1. The van der Waals surface area contributed by atoms with Crippen molar-refractivity contribution in [2.45, 2.75) is 17.5 Å². The Morgan fingerprint density at radius 1 is 0.788 bits per heavy atom. The molecule has 0 amide bonds. The molecule has 0 fully saturated rings. The Hall–Kier alpha value is -3.85. The van der Waals surface area contributed by atoms with Crippen LogP contribution in [0.3, 0.4) is 0 Å². The molecule has 0 aliphatic carbocycles. The molecule has 0 saturated heterocycles. The summed E-state index contributed by atoms with van der Waals surface area (Å²) in [6.45, 7) is 0.549. The van der Waals surface area contributed by atoms with Gasteiger partial charge in [0.05, 0.1) is 12.3 Å². The fraction of sp³-hybridized carbons (Fsp3) is 0.0833. The number of hydrogen-bond donors (Lipinski definition) is 0. The lowest BCUT2D eigenvalue weighted by Crippen LogP contribution is -2.04. The van der Waals surface area contributed by atoms with Crippen LogP contribution in [0.1, 0.15) is 11.5 Å². The standard InChI is InChI=1S/C24H17F2N5OS/c25-19-10-6-17(7-11-19)22-27-21(32-30-22)15-33-24-29-28-23(18-8-12-20(26)13-9-18)31(24)14-16-4-2-1-3-5-16/h1-13H,14-15H2. The van der Waals surface area contributed by atoms with Crippen LogP contribution < -0.4 is 0 Å². The highest BCUT2D eigenvalue weighted by Crippen LogP contribution is 2.28. The van der Waals surface area contributed by atoms with E-state index in [-0.39, 0.29) is 11.6 Å². The van der Waals surface area contributed by atoms with E-state index in [0.29, 0.717) is 40.6 Å². The Morgan fingerprint density at radius 2 is 1.45 bits per heavy atom. The van der Waals surface area contributed by atoms with Crippen molar-refractivity contribution in [2.75, 3.05) is 0 Å². The first-order valence-corrected chi connectivity index (χ1v) is 11.1. The molecule has 164 valence electrons. The van der Waals surface area contributed by atoms with Gasteiger partial charge < -0.3 is 4.52 Å². The van der Waals surface area contributed by atoms with Crippen molar-refractivity contribution in [3.05, 3.63) is 102 Å². The molecular weight excluding hydrogens is 444 g/mol. The van der Waals surface area contributed by atoms with Crippen LogP contribution in [0.15, 0.2) is 88.5 Å². The van der Waals surface area contributed by atoms with E-state index in [2.05, 4.69) is 20.3 Å². The van der Waals surface area contributed by atoms with Gasteiger partial charge in [-0.05, 0) is 54.1 Å². The van der Waals surface area contributed by atoms with Gasteiger partial charge in [0, 0.05) is 11.1 Å². The normalized spacial score (nSPS) is 11.1. The maximum atomic E-state index is 13.4. The van der Waals surface area contributed by atoms with Crippen LogP contribution in [0.5, 0.6) is 0 Å². The van der Waals surface area contributed by atoms with Gasteiger partial charge in [0.15, 0.2) is 11.0 Å². The third-order valence-corrected chi connectivity index (χ3v) is 5.85. The van der Waals surface area contributed by atoms with E-state index in [9.17, 15) is 8.78 Å². The molecule has 2 aromatic heterocycles. The zero-order chi connectivity index (χ0) is 22.6. The smallest absolute Gasteiger partial charge is 0.237 e. The number of thioether (sulfide) groups is 1. The number of hydrogen-bond acceptors (Lipinski definition) is 6. The molecular formula is C24H17F2N5OS. The summed E-state index contributed by atoms with van der Waals surface area (Å²) in [5.41, 5.74) is 2.52. The topological polar surface area (TPSA) is 69.6 Å². The van der Waals surface area contributed by atoms with E-state index in [1.54, 1.807) is 24.3 Å². The third-order valence-electron chi connectivity index (χ3n) is 4.90. The summed E-state index contributed by atoms with van der Waals surface area (Å²) < 4.78 is 33.9. The average Bonchev–Trinajstić information content (AvgIpc) is 3.47. The fourth-order valence-electron chi connectivity index (χ4n) is 3.27. The second-order valence-electron chi connectivity index (χ2n) is 7.19. The minimum atomic E-state index is -0.326. The molecule has 0 aliphatic rings. The first-order chi connectivity index (χ1) is 16.2. The molecule has 0 unspecified atom stereocenters. The van der Waals surface area contributed by atoms with Crippen LogP contribution in [0.25, 0.3) is 22.8 Å². The van der Waals surface area contributed by atoms with Crippen molar-refractivity contribution < 1.29 is 13.3 Å². The van der Waals surface area contributed by atoms with E-state index in [4.69, 9.17) is 4.52 Å². The van der Waals surface area contributed by atoms with Crippen molar-refractivity contribution >= 4 is 11.8 Å². The molecule has 5 rings (SSSR count). The molecule has 0 bridgehead atoms. The van der Waals surface area contributed by atoms with Gasteiger partial charge in [-0.2, -0.15) is 4.98 Å². The minimum absolute atomic E-state index is 0.309. The molecule has 9 heteroatoms. The van der Waals surface area contributed by atoms with Crippen LogP contribution in [0.4, 0.5) is 8.78 Å². The summed E-state index contributed by atoms with van der Waals surface area (Å²) in [6, 6.07) is 22.0. The van der Waals surface area contributed by atoms with E-state index in [1.165, 1.54) is 36.0 Å². The molecule has 5 aromatic rings. The van der Waals surface area contributed by atoms with Crippen molar-refractivity contribution in [1.82, 2.24) is 24.9 Å². The second-order valence-corrected chi connectivity index (χ2v) is 8.13. The van der Waals surface area contributed by atoms with Crippen LogP contribution in [-0.2, 0) is 12.3 Å². The zero-order valence-electron chi connectivity index (χ0n) is 17.2. The van der Waals surface area contributed by atoms with Gasteiger partial charge in [0.25, 0.3) is 0 Å². The lowest BCUT2D eigenvalue weighted by Gasteiger charge is -2.10. The third kappa shape index (κ3) is 4.83. The van der Waals surface area contributed by atoms with Gasteiger partial charge in [0.2, 0.25) is 11.7 Å². The quantitative estimate of drug-likeness (QED) is 0.293. The fourth-order valence-corrected chi connectivity index (χ4v) is 4.05. The lowest BCUT2D eigenvalue weighted by atomic mass is 10.2. The predicted molar refractivity (Wildman–Crippen MR) is 120 cm³/mol. The number of benzene rings is 3. The second kappa shape index (κ2) is 9.33. The van der Waals surface area contributed by atoms with E-state index < -0.39 is 0 Å². The highest BCUT2D eigenvalue weighted by molar-refractivity contribution is 7.98. The van der Waals surface area contributed by atoms with E-state index in [0.717, 1.165) is 11.1 Å². The van der Waals surface area contributed by atoms with Gasteiger partial charge in [-0.3, -0.25) is 4.57 Å². The summed E-state index contributed by atoms with van der Waals surface area (Å²) in [7, 11) is 0. The minimum Gasteiger partial charge on any atom is -0.338 e. The Labute approximate surface area is 192 Å². The molecule has 0 spiro atoms. The molecule has 0 radical (unpaired) electrons. The van der Waals surface area contributed by atoms with Crippen molar-refractivity contribution in [2.24, 2.45) is 0 Å². The number of aromatic nitrogens is 5. The van der Waals surface area contributed by atoms with E-state index >= 15 is 0 Å². The summed E-state index contributed by atoms with van der Waals surface area (Å²) >= 11 is 1.41. The molecule has 6 nitrogen and oxygen atoms in total. The van der Waals surface area contributed by atoms with Crippen molar-refractivity contribution in [3.8, 4) is 22.8 Å². The Balaban J connectivity index is 1.39. The summed E-state index contributed by atoms with van der Waals surface area (Å²) in [6.07, 6.45) is 0. The summed E-state index contributed by atoms with van der Waals surface area (Å²) in [5, 5.41) is 13.4. The molecule has 0 N–H and O–H groups in total. The molecule has 0 saturated carbocycles. The van der Waals surface area contributed by atoms with Gasteiger partial charge in [0.1, 0.15) is 11.6 Å². The lowest BCUT2D eigenvalue weighted by molar-refractivity contribution is 0.391. The van der Waals surface area contributed by atoms with Crippen molar-refractivity contribution in [3.63, 3.8) is 0 Å². The zero-order valence-corrected chi connectivity index (χ0v) is 18.0. The highest BCUT2D eigenvalue weighted by Gasteiger charge is 2.17. The number of nitrogens with zero attached hydrogens (tertiary/aromatic N) is 5. The van der Waals surface area contributed by atoms with Crippen molar-refractivity contribution in [1.29, 1.82) is 0 Å². The summed E-state index contributed by atoms with van der Waals surface area (Å²) in [5.74, 6) is 1.19. The maximum Gasteiger partial charge on any atom is 0.237 e. The predicted octanol–water partition coefficient (Wildman–Crippen LogP) is 5.61. The first-order valence-electron chi connectivity index (χ1n) is 10.1. The maximum absolute atomic E-state index is 13.4. The largest absolute Gasteiger partial charge is 0.338 e. The van der Waals surface area contributed by atoms with Gasteiger partial charge in [-0.15, -0.1) is 10.2 Å². The number of rotatable bonds is 7. The molecule has 2 heterocycles. The number of halogens is 2. The highest BCUT2D eigenvalue weighted by atomic mass is 32.2. The monoisotopic (exact) mass is 461 g/mol. The van der Waals surface area contributed by atoms with Crippen LogP contribution in [0, 0.1) is 11.6 Å². The van der Waals surface area contributed by atoms with Crippen LogP contribution in [-0.4, -0.2) is 24.9 Å². The average molecular weight is 461 g/mol. The van der Waals surface area contributed by atoms with Crippen LogP contribution in [0.2, 0.25) is 0 Å². The summed E-state index contributed by atoms with van der Waals surface area (Å²) in [4.78, 5) is 4.39. The van der Waals surface area contributed by atoms with Gasteiger partial charge >= 0.3 is 0 Å². The Kier molecular flexibility index (Phi) is 5.95. The molecule has 0 aliphatic heterocycles.